The van der Waals surface area contributed by atoms with Crippen molar-refractivity contribution < 1.29 is 14.7 Å². The Kier molecular flexibility index (Phi) is 5.52. The molecule has 2 N–H and O–H groups in total. The summed E-state index contributed by atoms with van der Waals surface area (Å²) < 4.78 is 1.63. The monoisotopic (exact) mass is 363 g/mol. The molecule has 0 saturated carbocycles. The molecule has 0 aliphatic heterocycles. The highest BCUT2D eigenvalue weighted by atomic mass is 35.5. The topological polar surface area (TPSA) is 84.2 Å². The van der Waals surface area contributed by atoms with Crippen molar-refractivity contribution in [3.8, 4) is 5.69 Å². The van der Waals surface area contributed by atoms with Crippen LogP contribution in [0.25, 0.3) is 5.69 Å². The molecule has 0 aliphatic carbocycles. The first-order valence-corrected chi connectivity index (χ1v) is 8.36. The maximum absolute atomic E-state index is 12.7. The number of carboxylic acid groups (broad SMARTS) is 1. The quantitative estimate of drug-likeness (QED) is 0.823. The Morgan fingerprint density at radius 1 is 1.40 bits per heavy atom. The third kappa shape index (κ3) is 4.20. The molecule has 6 nitrogen and oxygen atoms in total. The van der Waals surface area contributed by atoms with E-state index >= 15 is 0 Å². The molecule has 2 aromatic rings. The molecule has 1 amide bonds. The second-order valence-electron chi connectivity index (χ2n) is 6.63. The predicted molar refractivity (Wildman–Crippen MR) is 96.3 cm³/mol. The fraction of sp³-hybridized carbons (Fsp3) is 0.389. The zero-order valence-corrected chi connectivity index (χ0v) is 15.5. The van der Waals surface area contributed by atoms with Gasteiger partial charge >= 0.3 is 5.97 Å². The van der Waals surface area contributed by atoms with Gasteiger partial charge in [0.05, 0.1) is 35.1 Å². The zero-order valence-electron chi connectivity index (χ0n) is 14.7. The van der Waals surface area contributed by atoms with Crippen LogP contribution in [0.5, 0.6) is 0 Å². The van der Waals surface area contributed by atoms with E-state index in [0.717, 1.165) is 5.69 Å². The Balaban J connectivity index is 2.30. The van der Waals surface area contributed by atoms with Gasteiger partial charge in [-0.05, 0) is 38.0 Å². The Morgan fingerprint density at radius 2 is 2.08 bits per heavy atom. The average molecular weight is 364 g/mol. The van der Waals surface area contributed by atoms with Crippen LogP contribution in [0.3, 0.4) is 0 Å². The van der Waals surface area contributed by atoms with Gasteiger partial charge < -0.3 is 10.4 Å². The van der Waals surface area contributed by atoms with E-state index < -0.39 is 11.5 Å². The number of halogens is 1. The summed E-state index contributed by atoms with van der Waals surface area (Å²) in [6.07, 6.45) is 1.32. The van der Waals surface area contributed by atoms with Crippen LogP contribution in [0.15, 0.2) is 30.5 Å². The number of rotatable bonds is 6. The first-order valence-electron chi connectivity index (χ1n) is 7.99. The van der Waals surface area contributed by atoms with Crippen LogP contribution in [-0.2, 0) is 4.79 Å². The minimum absolute atomic E-state index is 0.0455. The minimum Gasteiger partial charge on any atom is -0.481 e. The molecule has 1 aromatic carbocycles. The number of nitrogens with zero attached hydrogens (tertiary/aromatic N) is 2. The van der Waals surface area contributed by atoms with Crippen molar-refractivity contribution in [3.63, 3.8) is 0 Å². The molecule has 0 radical (unpaired) electrons. The van der Waals surface area contributed by atoms with Gasteiger partial charge in [-0.2, -0.15) is 5.10 Å². The summed E-state index contributed by atoms with van der Waals surface area (Å²) in [6.45, 7) is 7.28. The molecule has 0 saturated heterocycles. The van der Waals surface area contributed by atoms with Crippen LogP contribution in [0.1, 0.15) is 43.2 Å². The molecule has 1 unspecified atom stereocenters. The second-order valence-corrected chi connectivity index (χ2v) is 7.07. The molecule has 0 fully saturated rings. The van der Waals surface area contributed by atoms with E-state index in [-0.39, 0.29) is 18.2 Å². The molecule has 1 aromatic heterocycles. The lowest BCUT2D eigenvalue weighted by molar-refractivity contribution is -0.138. The van der Waals surface area contributed by atoms with E-state index in [2.05, 4.69) is 10.4 Å². The Morgan fingerprint density at radius 3 is 2.64 bits per heavy atom. The summed E-state index contributed by atoms with van der Waals surface area (Å²) in [6, 6.07) is 7.17. The fourth-order valence-electron chi connectivity index (χ4n) is 2.53. The molecule has 1 heterocycles. The van der Waals surface area contributed by atoms with Crippen LogP contribution < -0.4 is 5.32 Å². The molecule has 1 atom stereocenters. The van der Waals surface area contributed by atoms with Crippen molar-refractivity contribution in [2.45, 2.75) is 39.7 Å². The van der Waals surface area contributed by atoms with Crippen LogP contribution >= 0.6 is 11.6 Å². The van der Waals surface area contributed by atoms with Crippen molar-refractivity contribution in [1.82, 2.24) is 15.1 Å². The van der Waals surface area contributed by atoms with Crippen molar-refractivity contribution in [2.75, 3.05) is 0 Å². The van der Waals surface area contributed by atoms with Crippen LogP contribution in [0.2, 0.25) is 5.02 Å². The summed E-state index contributed by atoms with van der Waals surface area (Å²) in [7, 11) is 0. The largest absolute Gasteiger partial charge is 0.481 e. The Labute approximate surface area is 151 Å². The Hall–Kier alpha value is -2.34. The van der Waals surface area contributed by atoms with E-state index in [1.54, 1.807) is 36.7 Å². The van der Waals surface area contributed by atoms with Crippen molar-refractivity contribution in [2.24, 2.45) is 5.92 Å². The van der Waals surface area contributed by atoms with Crippen molar-refractivity contribution >= 4 is 23.5 Å². The lowest BCUT2D eigenvalue weighted by Gasteiger charge is -2.33. The molecule has 7 heteroatoms. The van der Waals surface area contributed by atoms with Crippen molar-refractivity contribution in [1.29, 1.82) is 0 Å². The molecule has 0 bridgehead atoms. The van der Waals surface area contributed by atoms with Gasteiger partial charge in [0.2, 0.25) is 0 Å². The molecule has 0 aliphatic rings. The van der Waals surface area contributed by atoms with Crippen LogP contribution in [0.4, 0.5) is 0 Å². The van der Waals surface area contributed by atoms with Gasteiger partial charge in [0, 0.05) is 5.02 Å². The number of carboxylic acids is 1. The molecular formula is C18H22ClN3O3. The van der Waals surface area contributed by atoms with Gasteiger partial charge in [0.15, 0.2) is 0 Å². The molecule has 134 valence electrons. The van der Waals surface area contributed by atoms with Gasteiger partial charge in [0.25, 0.3) is 5.91 Å². The molecule has 0 spiro atoms. The molecular weight excluding hydrogens is 342 g/mol. The van der Waals surface area contributed by atoms with Crippen LogP contribution in [0, 0.1) is 12.8 Å². The molecule has 2 rings (SSSR count). The highest BCUT2D eigenvalue weighted by Crippen LogP contribution is 2.23. The number of carbonyl (C=O) groups excluding carboxylic acids is 1. The maximum Gasteiger partial charge on any atom is 0.305 e. The van der Waals surface area contributed by atoms with Gasteiger partial charge in [-0.15, -0.1) is 0 Å². The number of aromatic nitrogens is 2. The third-order valence-corrected chi connectivity index (χ3v) is 4.73. The summed E-state index contributed by atoms with van der Waals surface area (Å²) in [4.78, 5) is 23.8. The summed E-state index contributed by atoms with van der Waals surface area (Å²) in [5, 5.41) is 16.8. The number of amides is 1. The summed E-state index contributed by atoms with van der Waals surface area (Å²) in [5.41, 5.74) is 0.952. The lowest BCUT2D eigenvalue weighted by atomic mass is 9.85. The second kappa shape index (κ2) is 7.27. The summed E-state index contributed by atoms with van der Waals surface area (Å²) in [5.74, 6) is -1.35. The molecule has 25 heavy (non-hydrogen) atoms. The van der Waals surface area contributed by atoms with Crippen LogP contribution in [-0.4, -0.2) is 32.3 Å². The van der Waals surface area contributed by atoms with Gasteiger partial charge in [-0.25, -0.2) is 4.68 Å². The number of nitrogens with one attached hydrogen (secondary N) is 1. The SMILES string of the molecule is Cc1c(C(=O)NC(C)(CC(=O)O)C(C)C)cnn1-c1cccc(Cl)c1. The standard InChI is InChI=1S/C18H22ClN3O3/c1-11(2)18(4,9-16(23)24)21-17(25)15-10-20-22(12(15)3)14-7-5-6-13(19)8-14/h5-8,10-11H,9H2,1-4H3,(H,21,25)(H,23,24). The lowest BCUT2D eigenvalue weighted by Crippen LogP contribution is -2.51. The smallest absolute Gasteiger partial charge is 0.305 e. The third-order valence-electron chi connectivity index (χ3n) is 4.50. The maximum atomic E-state index is 12.7. The number of aliphatic carboxylic acids is 1. The van der Waals surface area contributed by atoms with Gasteiger partial charge in [0.1, 0.15) is 0 Å². The first kappa shape index (κ1) is 19.0. The van der Waals surface area contributed by atoms with E-state index in [1.807, 2.05) is 19.9 Å². The van der Waals surface area contributed by atoms with Crippen molar-refractivity contribution in [3.05, 3.63) is 46.7 Å². The van der Waals surface area contributed by atoms with E-state index in [9.17, 15) is 9.59 Å². The first-order chi connectivity index (χ1) is 11.6. The number of carbonyl (C=O) groups is 2. The summed E-state index contributed by atoms with van der Waals surface area (Å²) >= 11 is 6.01. The van der Waals surface area contributed by atoms with E-state index in [0.29, 0.717) is 16.3 Å². The Bertz CT molecular complexity index is 801. The fourth-order valence-corrected chi connectivity index (χ4v) is 2.72. The number of benzene rings is 1. The minimum atomic E-state index is -0.956. The highest BCUT2D eigenvalue weighted by molar-refractivity contribution is 6.30. The predicted octanol–water partition coefficient (Wildman–Crippen LogP) is 3.45. The highest BCUT2D eigenvalue weighted by Gasteiger charge is 2.33. The van der Waals surface area contributed by atoms with Gasteiger partial charge in [-0.3, -0.25) is 9.59 Å². The average Bonchev–Trinajstić information content (AvgIpc) is 2.88. The normalized spacial score (nSPS) is 13.5. The van der Waals surface area contributed by atoms with E-state index in [1.165, 1.54) is 6.20 Å². The number of hydrogen-bond acceptors (Lipinski definition) is 3. The van der Waals surface area contributed by atoms with E-state index in [4.69, 9.17) is 16.7 Å². The van der Waals surface area contributed by atoms with Gasteiger partial charge in [-0.1, -0.05) is 31.5 Å². The number of hydrogen-bond donors (Lipinski definition) is 2. The zero-order chi connectivity index (χ0) is 18.8.